The second kappa shape index (κ2) is 12.1. The van der Waals surface area contributed by atoms with Crippen molar-refractivity contribution in [1.82, 2.24) is 4.90 Å². The molecule has 3 aromatic carbocycles. The van der Waals surface area contributed by atoms with Crippen molar-refractivity contribution in [3.63, 3.8) is 0 Å². The summed E-state index contributed by atoms with van der Waals surface area (Å²) in [4.78, 5) is 27.3. The molecule has 4 rings (SSSR count). The van der Waals surface area contributed by atoms with Gasteiger partial charge in [-0.05, 0) is 54.7 Å². The molecule has 6 nitrogen and oxygen atoms in total. The average molecular weight is 472 g/mol. The fourth-order valence-electron chi connectivity index (χ4n) is 4.14. The molecule has 6 heteroatoms. The van der Waals surface area contributed by atoms with Crippen molar-refractivity contribution in [2.45, 2.75) is 26.2 Å². The van der Waals surface area contributed by atoms with Crippen molar-refractivity contribution in [3.8, 4) is 5.75 Å². The smallest absolute Gasteiger partial charge is 0.253 e. The molecule has 0 spiro atoms. The Kier molecular flexibility index (Phi) is 8.39. The standard InChI is InChI=1S/C29H33N3O3/c1-22-13-16-32(17-14-22)29(34)24-9-5-11-26(19-24)31-28(33)21-30-25-10-6-12-27(20-25)35-18-15-23-7-3-2-4-8-23/h2-12,19-20,22,30H,13-18,21H2,1H3,(H,31,33). The molecule has 1 aliphatic heterocycles. The van der Waals surface area contributed by atoms with E-state index in [2.05, 4.69) is 29.7 Å². The van der Waals surface area contributed by atoms with Crippen LogP contribution in [0, 0.1) is 5.92 Å². The number of anilines is 2. The Morgan fingerprint density at radius 3 is 2.46 bits per heavy atom. The maximum atomic E-state index is 12.8. The number of carbonyl (C=O) groups is 2. The molecule has 0 bridgehead atoms. The maximum Gasteiger partial charge on any atom is 0.253 e. The molecule has 2 N–H and O–H groups in total. The Bertz CT molecular complexity index is 1120. The van der Waals surface area contributed by atoms with Gasteiger partial charge in [0.05, 0.1) is 13.2 Å². The zero-order chi connectivity index (χ0) is 24.5. The Morgan fingerprint density at radius 2 is 1.66 bits per heavy atom. The second-order valence-electron chi connectivity index (χ2n) is 9.07. The van der Waals surface area contributed by atoms with E-state index in [1.54, 1.807) is 24.3 Å². The normalized spacial score (nSPS) is 13.8. The van der Waals surface area contributed by atoms with E-state index >= 15 is 0 Å². The van der Waals surface area contributed by atoms with Gasteiger partial charge in [0.15, 0.2) is 0 Å². The van der Waals surface area contributed by atoms with Gasteiger partial charge < -0.3 is 20.3 Å². The number of ether oxygens (including phenoxy) is 1. The van der Waals surface area contributed by atoms with Crippen LogP contribution in [0.15, 0.2) is 78.9 Å². The molecule has 1 fully saturated rings. The van der Waals surface area contributed by atoms with Crippen molar-refractivity contribution in [3.05, 3.63) is 90.0 Å². The Morgan fingerprint density at radius 1 is 0.914 bits per heavy atom. The lowest BCUT2D eigenvalue weighted by Gasteiger charge is -2.30. The summed E-state index contributed by atoms with van der Waals surface area (Å²) in [6.45, 7) is 4.49. The number of nitrogens with zero attached hydrogens (tertiary/aromatic N) is 1. The lowest BCUT2D eigenvalue weighted by Crippen LogP contribution is -2.37. The highest BCUT2D eigenvalue weighted by atomic mass is 16.5. The highest BCUT2D eigenvalue weighted by molar-refractivity contribution is 5.98. The van der Waals surface area contributed by atoms with Gasteiger partial charge in [-0.2, -0.15) is 0 Å². The summed E-state index contributed by atoms with van der Waals surface area (Å²) >= 11 is 0. The molecule has 1 saturated heterocycles. The predicted octanol–water partition coefficient (Wildman–Crippen LogP) is 5.23. The predicted molar refractivity (Wildman–Crippen MR) is 140 cm³/mol. The van der Waals surface area contributed by atoms with Crippen molar-refractivity contribution < 1.29 is 14.3 Å². The molecular formula is C29H33N3O3. The molecule has 1 heterocycles. The van der Waals surface area contributed by atoms with Gasteiger partial charge in [-0.25, -0.2) is 0 Å². The SMILES string of the molecule is CC1CCN(C(=O)c2cccc(NC(=O)CNc3cccc(OCCc4ccccc4)c3)c2)CC1. The first-order valence-electron chi connectivity index (χ1n) is 12.3. The number of hydrogen-bond acceptors (Lipinski definition) is 4. The van der Waals surface area contributed by atoms with Gasteiger partial charge in [0.25, 0.3) is 5.91 Å². The summed E-state index contributed by atoms with van der Waals surface area (Å²) in [6, 6.07) is 25.0. The lowest BCUT2D eigenvalue weighted by molar-refractivity contribution is -0.114. The topological polar surface area (TPSA) is 70.7 Å². The minimum atomic E-state index is -0.184. The van der Waals surface area contributed by atoms with Crippen molar-refractivity contribution in [2.24, 2.45) is 5.92 Å². The van der Waals surface area contributed by atoms with Crippen LogP contribution in [0.5, 0.6) is 5.75 Å². The molecular weight excluding hydrogens is 438 g/mol. The van der Waals surface area contributed by atoms with Crippen LogP contribution in [0.3, 0.4) is 0 Å². The largest absolute Gasteiger partial charge is 0.493 e. The first kappa shape index (κ1) is 24.3. The van der Waals surface area contributed by atoms with Crippen LogP contribution in [0.1, 0.15) is 35.7 Å². The van der Waals surface area contributed by atoms with Crippen molar-refractivity contribution in [1.29, 1.82) is 0 Å². The fraction of sp³-hybridized carbons (Fsp3) is 0.310. The summed E-state index contributed by atoms with van der Waals surface area (Å²) in [5, 5.41) is 6.02. The van der Waals surface area contributed by atoms with E-state index in [-0.39, 0.29) is 18.4 Å². The van der Waals surface area contributed by atoms with Gasteiger partial charge in [0, 0.05) is 42.5 Å². The van der Waals surface area contributed by atoms with E-state index < -0.39 is 0 Å². The van der Waals surface area contributed by atoms with Gasteiger partial charge in [-0.3, -0.25) is 9.59 Å². The molecule has 3 aromatic rings. The minimum Gasteiger partial charge on any atom is -0.493 e. The molecule has 35 heavy (non-hydrogen) atoms. The molecule has 0 atom stereocenters. The van der Waals surface area contributed by atoms with Crippen LogP contribution in [0.4, 0.5) is 11.4 Å². The van der Waals surface area contributed by atoms with E-state index in [4.69, 9.17) is 4.74 Å². The van der Waals surface area contributed by atoms with Crippen LogP contribution < -0.4 is 15.4 Å². The van der Waals surface area contributed by atoms with Crippen LogP contribution in [0.25, 0.3) is 0 Å². The molecule has 0 aliphatic carbocycles. The summed E-state index contributed by atoms with van der Waals surface area (Å²) in [5.41, 5.74) is 3.26. The van der Waals surface area contributed by atoms with Gasteiger partial charge in [0.2, 0.25) is 5.91 Å². The number of nitrogens with one attached hydrogen (secondary N) is 2. The fourth-order valence-corrected chi connectivity index (χ4v) is 4.14. The molecule has 0 aromatic heterocycles. The van der Waals surface area contributed by atoms with E-state index in [1.165, 1.54) is 5.56 Å². The van der Waals surface area contributed by atoms with E-state index in [1.807, 2.05) is 47.4 Å². The molecule has 2 amide bonds. The van der Waals surface area contributed by atoms with E-state index in [0.717, 1.165) is 43.8 Å². The Labute approximate surface area is 207 Å². The molecule has 0 unspecified atom stereocenters. The van der Waals surface area contributed by atoms with Gasteiger partial charge >= 0.3 is 0 Å². The zero-order valence-corrected chi connectivity index (χ0v) is 20.2. The molecule has 182 valence electrons. The second-order valence-corrected chi connectivity index (χ2v) is 9.07. The molecule has 1 aliphatic rings. The quantitative estimate of drug-likeness (QED) is 0.448. The minimum absolute atomic E-state index is 0.0233. The van der Waals surface area contributed by atoms with E-state index in [0.29, 0.717) is 23.8 Å². The molecule has 0 radical (unpaired) electrons. The van der Waals surface area contributed by atoms with Crippen LogP contribution in [-0.2, 0) is 11.2 Å². The maximum absolute atomic E-state index is 12.8. The van der Waals surface area contributed by atoms with Crippen LogP contribution in [0.2, 0.25) is 0 Å². The third kappa shape index (κ3) is 7.34. The number of rotatable bonds is 9. The third-order valence-corrected chi connectivity index (χ3v) is 6.25. The first-order valence-corrected chi connectivity index (χ1v) is 12.3. The number of benzene rings is 3. The summed E-state index contributed by atoms with van der Waals surface area (Å²) in [5.74, 6) is 1.26. The van der Waals surface area contributed by atoms with Gasteiger partial charge in [0.1, 0.15) is 5.75 Å². The van der Waals surface area contributed by atoms with Gasteiger partial charge in [-0.1, -0.05) is 49.4 Å². The highest BCUT2D eigenvalue weighted by Crippen LogP contribution is 2.20. The number of hydrogen-bond donors (Lipinski definition) is 2. The summed E-state index contributed by atoms with van der Waals surface area (Å²) in [7, 11) is 0. The van der Waals surface area contributed by atoms with Crippen molar-refractivity contribution in [2.75, 3.05) is 36.9 Å². The summed E-state index contributed by atoms with van der Waals surface area (Å²) in [6.07, 6.45) is 2.90. The number of carbonyl (C=O) groups excluding carboxylic acids is 2. The zero-order valence-electron chi connectivity index (χ0n) is 20.2. The third-order valence-electron chi connectivity index (χ3n) is 6.25. The summed E-state index contributed by atoms with van der Waals surface area (Å²) < 4.78 is 5.87. The Hall–Kier alpha value is -3.80. The Balaban J connectivity index is 1.25. The first-order chi connectivity index (χ1) is 17.1. The van der Waals surface area contributed by atoms with Crippen LogP contribution in [-0.4, -0.2) is 43.0 Å². The average Bonchev–Trinajstić information content (AvgIpc) is 2.89. The lowest BCUT2D eigenvalue weighted by atomic mass is 9.98. The number of amides is 2. The highest BCUT2D eigenvalue weighted by Gasteiger charge is 2.21. The van der Waals surface area contributed by atoms with Crippen LogP contribution >= 0.6 is 0 Å². The molecule has 0 saturated carbocycles. The number of likely N-dealkylation sites (tertiary alicyclic amines) is 1. The van der Waals surface area contributed by atoms with Gasteiger partial charge in [-0.15, -0.1) is 0 Å². The number of piperidine rings is 1. The van der Waals surface area contributed by atoms with Crippen molar-refractivity contribution >= 4 is 23.2 Å². The monoisotopic (exact) mass is 471 g/mol. The van der Waals surface area contributed by atoms with E-state index in [9.17, 15) is 9.59 Å².